The largest absolute Gasteiger partial charge is 0.471 e. The number of likely N-dealkylation sites (tertiary alicyclic amines) is 1. The van der Waals surface area contributed by atoms with Crippen LogP contribution in [0.3, 0.4) is 0 Å². The van der Waals surface area contributed by atoms with Crippen LogP contribution in [-0.2, 0) is 14.9 Å². The van der Waals surface area contributed by atoms with Crippen LogP contribution in [0.2, 0.25) is 0 Å². The highest BCUT2D eigenvalue weighted by molar-refractivity contribution is 5.81. The predicted octanol–water partition coefficient (Wildman–Crippen LogP) is 4.55. The SMILES string of the molecule is C=CCOC(=O)N(CC1(c2noc(C3CCN(C(=O)C(F)(F)F)CC3)n2)CC1)[C@H]1CC1c1ccccc1. The van der Waals surface area contributed by atoms with Crippen molar-refractivity contribution in [3.63, 3.8) is 0 Å². The second kappa shape index (κ2) is 9.83. The smallest absolute Gasteiger partial charge is 0.445 e. The van der Waals surface area contributed by atoms with Crippen LogP contribution in [0.4, 0.5) is 18.0 Å². The Kier molecular flexibility index (Phi) is 6.72. The first-order valence-corrected chi connectivity index (χ1v) is 12.5. The lowest BCUT2D eigenvalue weighted by Gasteiger charge is -2.30. The van der Waals surface area contributed by atoms with Gasteiger partial charge in [0.25, 0.3) is 0 Å². The molecule has 2 amide bonds. The monoisotopic (exact) mass is 518 g/mol. The van der Waals surface area contributed by atoms with Crippen LogP contribution in [0.5, 0.6) is 0 Å². The van der Waals surface area contributed by atoms with E-state index in [0.29, 0.717) is 31.1 Å². The minimum atomic E-state index is -4.87. The number of nitrogens with zero attached hydrogens (tertiary/aromatic N) is 4. The molecular weight excluding hydrogens is 489 g/mol. The summed E-state index contributed by atoms with van der Waals surface area (Å²) in [7, 11) is 0. The van der Waals surface area contributed by atoms with Crippen LogP contribution in [0.15, 0.2) is 47.5 Å². The summed E-state index contributed by atoms with van der Waals surface area (Å²) in [5, 5.41) is 4.21. The van der Waals surface area contributed by atoms with Crippen molar-refractivity contribution in [1.82, 2.24) is 19.9 Å². The summed E-state index contributed by atoms with van der Waals surface area (Å²) < 4.78 is 49.1. The summed E-state index contributed by atoms with van der Waals surface area (Å²) in [4.78, 5) is 31.7. The topological polar surface area (TPSA) is 88.8 Å². The van der Waals surface area contributed by atoms with Crippen molar-refractivity contribution < 1.29 is 32.0 Å². The number of ether oxygens (including phenoxy) is 1. The third kappa shape index (κ3) is 5.35. The third-order valence-corrected chi connectivity index (χ3v) is 7.56. The zero-order chi connectivity index (χ0) is 26.2. The Morgan fingerprint density at radius 1 is 1.22 bits per heavy atom. The molecule has 11 heteroatoms. The second-order valence-electron chi connectivity index (χ2n) is 10.1. The number of hydrogen-bond donors (Lipinski definition) is 0. The minimum absolute atomic E-state index is 0.0130. The fourth-order valence-electron chi connectivity index (χ4n) is 5.17. The van der Waals surface area contributed by atoms with E-state index in [9.17, 15) is 22.8 Å². The van der Waals surface area contributed by atoms with Crippen LogP contribution in [0.25, 0.3) is 0 Å². The van der Waals surface area contributed by atoms with Gasteiger partial charge in [-0.3, -0.25) is 4.79 Å². The van der Waals surface area contributed by atoms with Crippen molar-refractivity contribution >= 4 is 12.0 Å². The molecule has 3 fully saturated rings. The molecule has 2 atom stereocenters. The highest BCUT2D eigenvalue weighted by Gasteiger charge is 2.55. The molecule has 37 heavy (non-hydrogen) atoms. The molecule has 0 spiro atoms. The quantitative estimate of drug-likeness (QED) is 0.477. The molecule has 1 saturated heterocycles. The van der Waals surface area contributed by atoms with Crippen LogP contribution in [-0.4, -0.2) is 70.4 Å². The number of alkyl halides is 3. The number of halogens is 3. The van der Waals surface area contributed by atoms with Crippen LogP contribution >= 0.6 is 0 Å². The minimum Gasteiger partial charge on any atom is -0.445 e. The maximum absolute atomic E-state index is 13.0. The van der Waals surface area contributed by atoms with E-state index in [2.05, 4.69) is 28.9 Å². The van der Waals surface area contributed by atoms with Gasteiger partial charge in [0.05, 0.1) is 5.41 Å². The number of carbonyl (C=O) groups excluding carboxylic acids is 2. The molecule has 0 N–H and O–H groups in total. The van der Waals surface area contributed by atoms with E-state index in [1.54, 1.807) is 4.90 Å². The molecule has 1 aromatic carbocycles. The van der Waals surface area contributed by atoms with Crippen LogP contribution < -0.4 is 0 Å². The third-order valence-electron chi connectivity index (χ3n) is 7.56. The first-order valence-electron chi connectivity index (χ1n) is 12.5. The average molecular weight is 519 g/mol. The van der Waals surface area contributed by atoms with Gasteiger partial charge in [-0.2, -0.15) is 18.2 Å². The molecule has 3 aliphatic rings. The Morgan fingerprint density at radius 2 is 1.92 bits per heavy atom. The standard InChI is InChI=1S/C26H29F3N4O4/c1-2-14-36-24(35)33(20-15-19(20)17-6-4-3-5-7-17)16-25(10-11-25)22-30-21(37-31-22)18-8-12-32(13-9-18)23(34)26(27,28)29/h2-7,18-20H,1,8-16H2/t19?,20-/m0/s1. The fourth-order valence-corrected chi connectivity index (χ4v) is 5.17. The molecule has 1 aliphatic heterocycles. The number of amides is 2. The van der Waals surface area contributed by atoms with E-state index in [1.165, 1.54) is 11.6 Å². The molecule has 8 nitrogen and oxygen atoms in total. The van der Waals surface area contributed by atoms with Gasteiger partial charge in [-0.15, -0.1) is 0 Å². The number of piperidine rings is 1. The summed E-state index contributed by atoms with van der Waals surface area (Å²) in [6.07, 6.45) is -0.687. The molecule has 2 aliphatic carbocycles. The fraction of sp³-hybridized carbons (Fsp3) is 0.538. The maximum atomic E-state index is 13.0. The van der Waals surface area contributed by atoms with Gasteiger partial charge < -0.3 is 19.1 Å². The molecule has 1 unspecified atom stereocenters. The Hall–Kier alpha value is -3.37. The molecule has 0 bridgehead atoms. The number of carbonyl (C=O) groups is 2. The number of rotatable bonds is 8. The molecule has 2 heterocycles. The summed E-state index contributed by atoms with van der Waals surface area (Å²) in [6.45, 7) is 4.10. The molecule has 2 aromatic rings. The lowest BCUT2D eigenvalue weighted by Crippen LogP contribution is -2.45. The molecule has 5 rings (SSSR count). The van der Waals surface area contributed by atoms with Crippen LogP contribution in [0.1, 0.15) is 61.2 Å². The van der Waals surface area contributed by atoms with Gasteiger partial charge in [0, 0.05) is 37.5 Å². The molecular formula is C26H29F3N4O4. The first kappa shape index (κ1) is 25.3. The number of benzene rings is 1. The summed E-state index contributed by atoms with van der Waals surface area (Å²) in [5.41, 5.74) is 0.738. The van der Waals surface area contributed by atoms with Gasteiger partial charge in [0.15, 0.2) is 5.82 Å². The van der Waals surface area contributed by atoms with Gasteiger partial charge in [-0.1, -0.05) is 48.1 Å². The molecule has 1 aromatic heterocycles. The van der Waals surface area contributed by atoms with E-state index < -0.39 is 23.6 Å². The zero-order valence-corrected chi connectivity index (χ0v) is 20.3. The Labute approximate surface area is 212 Å². The maximum Gasteiger partial charge on any atom is 0.471 e. The lowest BCUT2D eigenvalue weighted by atomic mass is 9.96. The molecule has 198 valence electrons. The number of aromatic nitrogens is 2. The summed E-state index contributed by atoms with van der Waals surface area (Å²) in [6, 6.07) is 10.1. The van der Waals surface area contributed by atoms with E-state index in [1.807, 2.05) is 18.2 Å². The van der Waals surface area contributed by atoms with Gasteiger partial charge in [0.2, 0.25) is 5.89 Å². The zero-order valence-electron chi connectivity index (χ0n) is 20.3. The van der Waals surface area contributed by atoms with Crippen molar-refractivity contribution in [3.05, 3.63) is 60.3 Å². The van der Waals surface area contributed by atoms with E-state index in [0.717, 1.165) is 24.2 Å². The van der Waals surface area contributed by atoms with Crippen molar-refractivity contribution in [2.75, 3.05) is 26.2 Å². The second-order valence-corrected chi connectivity index (χ2v) is 10.1. The average Bonchev–Trinajstić information content (AvgIpc) is 3.82. The Morgan fingerprint density at radius 3 is 2.54 bits per heavy atom. The van der Waals surface area contributed by atoms with Crippen molar-refractivity contribution in [1.29, 1.82) is 0 Å². The number of hydrogen-bond acceptors (Lipinski definition) is 6. The van der Waals surface area contributed by atoms with Crippen molar-refractivity contribution in [3.8, 4) is 0 Å². The van der Waals surface area contributed by atoms with Crippen LogP contribution in [0, 0.1) is 0 Å². The van der Waals surface area contributed by atoms with E-state index >= 15 is 0 Å². The van der Waals surface area contributed by atoms with E-state index in [4.69, 9.17) is 9.26 Å². The van der Waals surface area contributed by atoms with Gasteiger partial charge >= 0.3 is 18.2 Å². The Balaban J connectivity index is 1.26. The van der Waals surface area contributed by atoms with Gasteiger partial charge in [-0.05, 0) is 37.7 Å². The van der Waals surface area contributed by atoms with Crippen molar-refractivity contribution in [2.24, 2.45) is 0 Å². The molecule has 2 saturated carbocycles. The lowest BCUT2D eigenvalue weighted by molar-refractivity contribution is -0.186. The first-order chi connectivity index (χ1) is 17.7. The van der Waals surface area contributed by atoms with Gasteiger partial charge in [-0.25, -0.2) is 4.79 Å². The Bertz CT molecular complexity index is 1140. The van der Waals surface area contributed by atoms with E-state index in [-0.39, 0.29) is 37.6 Å². The summed E-state index contributed by atoms with van der Waals surface area (Å²) >= 11 is 0. The van der Waals surface area contributed by atoms with Gasteiger partial charge in [0.1, 0.15) is 6.61 Å². The normalized spacial score (nSPS) is 22.8. The molecule has 0 radical (unpaired) electrons. The highest BCUT2D eigenvalue weighted by Crippen LogP contribution is 2.52. The highest BCUT2D eigenvalue weighted by atomic mass is 19.4. The summed E-state index contributed by atoms with van der Waals surface area (Å²) in [5.74, 6) is -0.913. The van der Waals surface area contributed by atoms with Crippen molar-refractivity contribution in [2.45, 2.75) is 61.6 Å². The predicted molar refractivity (Wildman–Crippen MR) is 126 cm³/mol.